The van der Waals surface area contributed by atoms with Crippen LogP contribution in [0.2, 0.25) is 12.6 Å². The molecule has 0 atom stereocenters. The number of benzene rings is 4. The number of hydrogen-bond acceptors (Lipinski definition) is 0. The Hall–Kier alpha value is -2.43. The summed E-state index contributed by atoms with van der Waals surface area (Å²) in [5.74, 6) is 1.15. The molecule has 0 saturated heterocycles. The van der Waals surface area contributed by atoms with Crippen LogP contribution in [0.4, 0.5) is 13.2 Å². The maximum absolute atomic E-state index is 11.4. The summed E-state index contributed by atoms with van der Waals surface area (Å²) in [5, 5.41) is 5.54. The fraction of sp³-hybridized carbons (Fsp3) is 0.400. The molecule has 0 spiro atoms. The molecule has 6 rings (SSSR count). The summed E-state index contributed by atoms with van der Waals surface area (Å²) in [5.41, 5.74) is 13.7. The number of fused-ring (bicyclic) bond motifs is 2. The Morgan fingerprint density at radius 3 is 1.16 bits per heavy atom. The first-order valence-corrected chi connectivity index (χ1v) is 25.6. The van der Waals surface area contributed by atoms with Crippen LogP contribution >= 0.6 is 0 Å². The van der Waals surface area contributed by atoms with E-state index in [1.54, 1.807) is 0 Å². The largest absolute Gasteiger partial charge is 1.00 e. The molecule has 7 heteroatoms. The molecule has 0 heterocycles. The van der Waals surface area contributed by atoms with Crippen LogP contribution in [0.1, 0.15) is 121 Å². The van der Waals surface area contributed by atoms with Gasteiger partial charge in [0, 0.05) is 0 Å². The summed E-state index contributed by atoms with van der Waals surface area (Å²) in [6.07, 6.45) is -4.51. The van der Waals surface area contributed by atoms with E-state index < -0.39 is 18.0 Å². The van der Waals surface area contributed by atoms with E-state index in [1.807, 2.05) is 6.55 Å². The zero-order valence-electron chi connectivity index (χ0n) is 36.2. The van der Waals surface area contributed by atoms with Crippen molar-refractivity contribution in [2.24, 2.45) is 0 Å². The molecular formula is C50H61Cl2F3SiZr-2. The van der Waals surface area contributed by atoms with Crippen LogP contribution < -0.4 is 24.8 Å². The quantitative estimate of drug-likeness (QED) is 0.115. The third kappa shape index (κ3) is 13.3. The Labute approximate surface area is 369 Å². The third-order valence-electron chi connectivity index (χ3n) is 10.5. The number of alkyl halides is 3. The molecule has 0 fully saturated rings. The Bertz CT molecular complexity index is 2060. The first-order valence-electron chi connectivity index (χ1n) is 19.7. The number of rotatable bonds is 6. The maximum atomic E-state index is 11.4. The third-order valence-corrected chi connectivity index (χ3v) is 13.4. The van der Waals surface area contributed by atoms with Crippen molar-refractivity contribution in [3.63, 3.8) is 0 Å². The van der Waals surface area contributed by atoms with E-state index in [0.29, 0.717) is 17.9 Å². The maximum Gasteiger partial charge on any atom is -0.0219 e. The average Bonchev–Trinajstić information content (AvgIpc) is 3.65. The van der Waals surface area contributed by atoms with Crippen molar-refractivity contribution in [1.82, 2.24) is 0 Å². The van der Waals surface area contributed by atoms with Crippen molar-refractivity contribution in [1.29, 1.82) is 0 Å². The second kappa shape index (κ2) is 20.7. The van der Waals surface area contributed by atoms with Crippen LogP contribution in [-0.2, 0) is 34.2 Å². The predicted octanol–water partition coefficient (Wildman–Crippen LogP) is 10.0. The van der Waals surface area contributed by atoms with E-state index >= 15 is 0 Å². The Kier molecular flexibility index (Phi) is 18.4. The molecule has 57 heavy (non-hydrogen) atoms. The monoisotopic (exact) mass is 906 g/mol. The summed E-state index contributed by atoms with van der Waals surface area (Å²) in [7, 11) is 0. The predicted molar refractivity (Wildman–Crippen MR) is 232 cm³/mol. The van der Waals surface area contributed by atoms with Crippen molar-refractivity contribution in [2.45, 2.75) is 131 Å². The van der Waals surface area contributed by atoms with Crippen molar-refractivity contribution in [3.8, 4) is 22.3 Å². The van der Waals surface area contributed by atoms with Crippen LogP contribution in [-0.4, -0.2) is 11.6 Å². The normalized spacial score (nSPS) is 11.8. The SMILES string of the molecule is C[Si](=[Zr+2])CCC(F)(F)F.Cc1c(C(C)(C)C)[cH-]c2cccc(-c3ccc(C(C)C)cc3)c12.Cc1c(C(C)(C)C)[cH-]c2cccc(-c3ccc(C(C)C)cc3)c12.[Cl-].[Cl-]. The van der Waals surface area contributed by atoms with Gasteiger partial charge in [-0.3, -0.25) is 0 Å². The Morgan fingerprint density at radius 1 is 0.579 bits per heavy atom. The summed E-state index contributed by atoms with van der Waals surface area (Å²) >= 11 is 1.29. The van der Waals surface area contributed by atoms with E-state index in [1.165, 1.54) is 101 Å². The minimum atomic E-state index is -3.93. The van der Waals surface area contributed by atoms with Crippen molar-refractivity contribution in [3.05, 3.63) is 130 Å². The van der Waals surface area contributed by atoms with Gasteiger partial charge in [-0.25, -0.2) is 0 Å². The number of aryl methyl sites for hydroxylation is 2. The fourth-order valence-electron chi connectivity index (χ4n) is 7.48. The zero-order valence-corrected chi connectivity index (χ0v) is 41.2. The van der Waals surface area contributed by atoms with Crippen molar-refractivity contribution < 1.29 is 61.3 Å². The number of halogens is 5. The molecule has 6 aromatic carbocycles. The summed E-state index contributed by atoms with van der Waals surface area (Å²) in [6, 6.07) is 36.6. The van der Waals surface area contributed by atoms with Gasteiger partial charge in [-0.15, -0.1) is 69.1 Å². The fourth-order valence-corrected chi connectivity index (χ4v) is 9.06. The second-order valence-electron chi connectivity index (χ2n) is 17.9. The van der Waals surface area contributed by atoms with Gasteiger partial charge in [0.05, 0.1) is 0 Å². The van der Waals surface area contributed by atoms with Crippen LogP contribution in [0, 0.1) is 13.8 Å². The molecule has 0 aliphatic carbocycles. The van der Waals surface area contributed by atoms with Crippen molar-refractivity contribution >= 4 is 27.0 Å². The molecule has 306 valence electrons. The van der Waals surface area contributed by atoms with Crippen molar-refractivity contribution in [2.75, 3.05) is 0 Å². The summed E-state index contributed by atoms with van der Waals surface area (Å²) in [4.78, 5) is 0. The molecule has 0 aromatic heterocycles. The molecule has 0 bridgehead atoms. The van der Waals surface area contributed by atoms with Gasteiger partial charge in [0.25, 0.3) is 0 Å². The molecule has 0 aliphatic heterocycles. The van der Waals surface area contributed by atoms with E-state index in [0.717, 1.165) is 0 Å². The topological polar surface area (TPSA) is 0 Å². The smallest absolute Gasteiger partial charge is 0.0219 e. The van der Waals surface area contributed by atoms with Crippen LogP contribution in [0.3, 0.4) is 0 Å². The van der Waals surface area contributed by atoms with Gasteiger partial charge < -0.3 is 24.8 Å². The molecule has 0 aliphatic rings. The van der Waals surface area contributed by atoms with Crippen LogP contribution in [0.25, 0.3) is 43.8 Å². The van der Waals surface area contributed by atoms with Gasteiger partial charge >= 0.3 is 67.1 Å². The van der Waals surface area contributed by atoms with E-state index in [2.05, 4.69) is 180 Å². The van der Waals surface area contributed by atoms with E-state index in [-0.39, 0.29) is 35.6 Å². The Morgan fingerprint density at radius 2 is 0.912 bits per heavy atom. The standard InChI is InChI=1S/2C23H27.C4H7F3Si.2ClH.Zr/c2*1-15(2)17-10-12-18(13-11-17)20-9-7-8-19-14-21(23(4,5)6)16(3)22(19)20;1-8-3-2-4(5,6)7;;;/h2*7-15H,1-6H3;2-3H2,1H3;2*1H;/q2*-1;;;;+2/p-2. The van der Waals surface area contributed by atoms with Gasteiger partial charge in [-0.1, -0.05) is 155 Å². The molecular weight excluding hydrogens is 848 g/mol. The minimum Gasteiger partial charge on any atom is -1.00 e. The van der Waals surface area contributed by atoms with E-state index in [9.17, 15) is 13.2 Å². The van der Waals surface area contributed by atoms with Gasteiger partial charge in [0.1, 0.15) is 0 Å². The minimum absolute atomic E-state index is 0. The van der Waals surface area contributed by atoms with Gasteiger partial charge in [-0.05, 0) is 44.9 Å². The molecule has 0 nitrogen and oxygen atoms in total. The van der Waals surface area contributed by atoms with Gasteiger partial charge in [0.15, 0.2) is 0 Å². The first kappa shape index (κ1) is 50.7. The molecule has 0 amide bonds. The van der Waals surface area contributed by atoms with Crippen LogP contribution in [0.15, 0.2) is 97.1 Å². The summed E-state index contributed by atoms with van der Waals surface area (Å²) < 4.78 is 34.3. The van der Waals surface area contributed by atoms with E-state index in [4.69, 9.17) is 0 Å². The Balaban J connectivity index is 0.000000317. The average molecular weight is 909 g/mol. The molecule has 0 radical (unpaired) electrons. The first-order chi connectivity index (χ1) is 25.5. The molecule has 0 unspecified atom stereocenters. The molecule has 0 saturated carbocycles. The van der Waals surface area contributed by atoms with Gasteiger partial charge in [-0.2, -0.15) is 11.1 Å². The van der Waals surface area contributed by atoms with Crippen LogP contribution in [0.5, 0.6) is 0 Å². The van der Waals surface area contributed by atoms with Gasteiger partial charge in [0.2, 0.25) is 0 Å². The summed E-state index contributed by atoms with van der Waals surface area (Å²) in [6.45, 7) is 29.2. The second-order valence-corrected chi connectivity index (χ2v) is 26.2. The zero-order chi connectivity index (χ0) is 41.0. The number of hydrogen-bond donors (Lipinski definition) is 0. The molecule has 6 aromatic rings. The molecule has 0 N–H and O–H groups in total.